The molecule has 0 fully saturated rings. The number of carbonyl (C=O) groups excluding carboxylic acids is 1. The summed E-state index contributed by atoms with van der Waals surface area (Å²) in [6.07, 6.45) is 1.42. The van der Waals surface area contributed by atoms with Crippen molar-refractivity contribution in [2.75, 3.05) is 6.61 Å². The number of ether oxygens (including phenoxy) is 1. The molecule has 0 heterocycles. The molecule has 4 nitrogen and oxygen atoms in total. The molecular weight excluding hydrogens is 172 g/mol. The second kappa shape index (κ2) is 6.22. The quantitative estimate of drug-likeness (QED) is 0.500. The highest BCUT2D eigenvalue weighted by molar-refractivity contribution is 5.76. The maximum atomic E-state index is 10.8. The molecule has 74 valence electrons. The lowest BCUT2D eigenvalue weighted by Crippen LogP contribution is -2.11. The average molecular weight is 186 g/mol. The molecule has 0 saturated heterocycles. The van der Waals surface area contributed by atoms with E-state index in [2.05, 4.69) is 6.58 Å². The Morgan fingerprint density at radius 3 is 2.62 bits per heavy atom. The van der Waals surface area contributed by atoms with Gasteiger partial charge in [-0.3, -0.25) is 9.59 Å². The normalized spacial score (nSPS) is 11.8. The van der Waals surface area contributed by atoms with Gasteiger partial charge in [0.05, 0.1) is 19.4 Å². The van der Waals surface area contributed by atoms with E-state index in [0.29, 0.717) is 0 Å². The first-order valence-electron chi connectivity index (χ1n) is 4.06. The Labute approximate surface area is 77.2 Å². The van der Waals surface area contributed by atoms with Crippen molar-refractivity contribution in [3.63, 3.8) is 0 Å². The molecule has 0 aromatic heterocycles. The van der Waals surface area contributed by atoms with E-state index in [4.69, 9.17) is 9.84 Å². The first-order chi connectivity index (χ1) is 6.06. The summed E-state index contributed by atoms with van der Waals surface area (Å²) in [6, 6.07) is 0. The molecule has 0 radical (unpaired) electrons. The van der Waals surface area contributed by atoms with Crippen molar-refractivity contribution in [3.05, 3.63) is 12.7 Å². The maximum Gasteiger partial charge on any atom is 0.306 e. The number of rotatable bonds is 6. The first-order valence-corrected chi connectivity index (χ1v) is 4.06. The molecule has 0 spiro atoms. The molecule has 4 heteroatoms. The molecule has 0 aliphatic rings. The standard InChI is InChI=1S/C9H14O4/c1-3-7(2)6-13-9(12)5-4-8(10)11/h3,7H,1,4-6H2,2H3,(H,10,11). The zero-order chi connectivity index (χ0) is 10.3. The number of carboxylic acid groups (broad SMARTS) is 1. The third-order valence-electron chi connectivity index (χ3n) is 1.45. The summed E-state index contributed by atoms with van der Waals surface area (Å²) in [5.41, 5.74) is 0. The summed E-state index contributed by atoms with van der Waals surface area (Å²) in [6.45, 7) is 5.65. The minimum absolute atomic E-state index is 0.0702. The van der Waals surface area contributed by atoms with Gasteiger partial charge in [-0.25, -0.2) is 0 Å². The molecule has 0 aromatic rings. The van der Waals surface area contributed by atoms with Crippen LogP contribution in [0.3, 0.4) is 0 Å². The van der Waals surface area contributed by atoms with Crippen LogP contribution in [0.2, 0.25) is 0 Å². The van der Waals surface area contributed by atoms with Crippen LogP contribution in [0.4, 0.5) is 0 Å². The zero-order valence-electron chi connectivity index (χ0n) is 7.66. The third kappa shape index (κ3) is 7.05. The summed E-state index contributed by atoms with van der Waals surface area (Å²) in [5.74, 6) is -1.36. The maximum absolute atomic E-state index is 10.8. The SMILES string of the molecule is C=CC(C)COC(=O)CCC(=O)O. The third-order valence-corrected chi connectivity index (χ3v) is 1.45. The van der Waals surface area contributed by atoms with E-state index >= 15 is 0 Å². The minimum atomic E-state index is -0.992. The number of hydrogen-bond acceptors (Lipinski definition) is 3. The smallest absolute Gasteiger partial charge is 0.306 e. The Hall–Kier alpha value is -1.32. The molecule has 0 aromatic carbocycles. The molecule has 1 unspecified atom stereocenters. The highest BCUT2D eigenvalue weighted by Crippen LogP contribution is 1.99. The van der Waals surface area contributed by atoms with Crippen LogP contribution in [0, 0.1) is 5.92 Å². The van der Waals surface area contributed by atoms with Crippen LogP contribution in [-0.4, -0.2) is 23.7 Å². The van der Waals surface area contributed by atoms with Gasteiger partial charge >= 0.3 is 11.9 Å². The van der Waals surface area contributed by atoms with Gasteiger partial charge in [-0.05, 0) is 0 Å². The number of hydrogen-bond donors (Lipinski definition) is 1. The Bertz CT molecular complexity index is 198. The molecular formula is C9H14O4. The molecule has 0 bridgehead atoms. The van der Waals surface area contributed by atoms with Crippen LogP contribution in [0.25, 0.3) is 0 Å². The monoisotopic (exact) mass is 186 g/mol. The van der Waals surface area contributed by atoms with Crippen LogP contribution in [0.5, 0.6) is 0 Å². The average Bonchev–Trinajstić information content (AvgIpc) is 2.10. The molecule has 13 heavy (non-hydrogen) atoms. The van der Waals surface area contributed by atoms with Crippen molar-refractivity contribution >= 4 is 11.9 Å². The van der Waals surface area contributed by atoms with E-state index in [0.717, 1.165) is 0 Å². The van der Waals surface area contributed by atoms with Gasteiger partial charge in [0.25, 0.3) is 0 Å². The van der Waals surface area contributed by atoms with Crippen molar-refractivity contribution in [2.24, 2.45) is 5.92 Å². The second-order valence-corrected chi connectivity index (χ2v) is 2.79. The Morgan fingerprint density at radius 1 is 1.54 bits per heavy atom. The van der Waals surface area contributed by atoms with Crippen molar-refractivity contribution in [3.8, 4) is 0 Å². The first kappa shape index (κ1) is 11.7. The topological polar surface area (TPSA) is 63.6 Å². The predicted molar refractivity (Wildman–Crippen MR) is 47.2 cm³/mol. The number of esters is 1. The van der Waals surface area contributed by atoms with Crippen LogP contribution >= 0.6 is 0 Å². The molecule has 0 rings (SSSR count). The largest absolute Gasteiger partial charge is 0.481 e. The van der Waals surface area contributed by atoms with Crippen molar-refractivity contribution < 1.29 is 19.4 Å². The molecule has 0 amide bonds. The van der Waals surface area contributed by atoms with Crippen molar-refractivity contribution in [2.45, 2.75) is 19.8 Å². The van der Waals surface area contributed by atoms with E-state index in [1.54, 1.807) is 6.08 Å². The van der Waals surface area contributed by atoms with E-state index in [1.807, 2.05) is 6.92 Å². The summed E-state index contributed by atoms with van der Waals surface area (Å²) in [7, 11) is 0. The van der Waals surface area contributed by atoms with Gasteiger partial charge < -0.3 is 9.84 Å². The van der Waals surface area contributed by atoms with Crippen molar-refractivity contribution in [1.82, 2.24) is 0 Å². The Balaban J connectivity index is 3.51. The van der Waals surface area contributed by atoms with Gasteiger partial charge in [0.15, 0.2) is 0 Å². The lowest BCUT2D eigenvalue weighted by molar-refractivity contribution is -0.148. The fourth-order valence-electron chi connectivity index (χ4n) is 0.574. The van der Waals surface area contributed by atoms with Gasteiger partial charge in [-0.2, -0.15) is 0 Å². The Kier molecular flexibility index (Phi) is 5.59. The summed E-state index contributed by atoms with van der Waals surface area (Å²) >= 11 is 0. The molecule has 1 N–H and O–H groups in total. The molecule has 1 atom stereocenters. The predicted octanol–water partition coefficient (Wildman–Crippen LogP) is 1.22. The fourth-order valence-corrected chi connectivity index (χ4v) is 0.574. The lowest BCUT2D eigenvalue weighted by atomic mass is 10.2. The van der Waals surface area contributed by atoms with E-state index in [9.17, 15) is 9.59 Å². The Morgan fingerprint density at radius 2 is 2.15 bits per heavy atom. The summed E-state index contributed by atoms with van der Waals surface area (Å²) < 4.78 is 4.77. The van der Waals surface area contributed by atoms with Gasteiger partial charge in [0, 0.05) is 5.92 Å². The van der Waals surface area contributed by atoms with Crippen LogP contribution in [0.15, 0.2) is 12.7 Å². The highest BCUT2D eigenvalue weighted by atomic mass is 16.5. The van der Waals surface area contributed by atoms with E-state index in [1.165, 1.54) is 0 Å². The summed E-state index contributed by atoms with van der Waals surface area (Å²) in [5, 5.41) is 8.26. The molecule has 0 saturated carbocycles. The fraction of sp³-hybridized carbons (Fsp3) is 0.556. The zero-order valence-corrected chi connectivity index (χ0v) is 7.66. The van der Waals surface area contributed by atoms with Gasteiger partial charge in [-0.1, -0.05) is 13.0 Å². The van der Waals surface area contributed by atoms with E-state index < -0.39 is 11.9 Å². The second-order valence-electron chi connectivity index (χ2n) is 2.79. The van der Waals surface area contributed by atoms with Crippen molar-refractivity contribution in [1.29, 1.82) is 0 Å². The van der Waals surface area contributed by atoms with E-state index in [-0.39, 0.29) is 25.4 Å². The molecule has 0 aliphatic heterocycles. The van der Waals surface area contributed by atoms with Crippen LogP contribution < -0.4 is 0 Å². The lowest BCUT2D eigenvalue weighted by Gasteiger charge is -2.06. The summed E-state index contributed by atoms with van der Waals surface area (Å²) in [4.78, 5) is 20.9. The van der Waals surface area contributed by atoms with Crippen LogP contribution in [0.1, 0.15) is 19.8 Å². The van der Waals surface area contributed by atoms with Crippen LogP contribution in [-0.2, 0) is 14.3 Å². The van der Waals surface area contributed by atoms with Gasteiger partial charge in [0.2, 0.25) is 0 Å². The number of carboxylic acids is 1. The molecule has 0 aliphatic carbocycles. The number of carbonyl (C=O) groups is 2. The highest BCUT2D eigenvalue weighted by Gasteiger charge is 2.07. The number of aliphatic carboxylic acids is 1. The minimum Gasteiger partial charge on any atom is -0.481 e. The van der Waals surface area contributed by atoms with Gasteiger partial charge in [-0.15, -0.1) is 6.58 Å². The van der Waals surface area contributed by atoms with Gasteiger partial charge in [0.1, 0.15) is 0 Å².